The standard InChI is InChI=1S/C15H14N4O/c1-12-5-7-13(8-6-12)15(11-18-20)19-17-10-14-4-2-3-9-16-14/h2-11,20H,1H3/b17-10+,18-11+,19-15+. The molecule has 2 rings (SSSR count). The molecule has 0 spiro atoms. The maximum atomic E-state index is 8.69. The van der Waals surface area contributed by atoms with Crippen LogP contribution in [0.5, 0.6) is 0 Å². The lowest BCUT2D eigenvalue weighted by molar-refractivity contribution is 0.322. The first-order valence-corrected chi connectivity index (χ1v) is 6.06. The second-order valence-electron chi connectivity index (χ2n) is 4.10. The molecule has 0 saturated heterocycles. The van der Waals surface area contributed by atoms with Gasteiger partial charge in [0, 0.05) is 11.8 Å². The van der Waals surface area contributed by atoms with Crippen LogP contribution in [-0.4, -0.2) is 28.3 Å². The average molecular weight is 266 g/mol. The minimum Gasteiger partial charge on any atom is -0.411 e. The molecule has 0 amide bonds. The molecule has 0 aliphatic heterocycles. The quantitative estimate of drug-likeness (QED) is 0.525. The van der Waals surface area contributed by atoms with E-state index in [4.69, 9.17) is 5.21 Å². The van der Waals surface area contributed by atoms with Gasteiger partial charge < -0.3 is 5.21 Å². The fraction of sp³-hybridized carbons (Fsp3) is 0.0667. The first-order chi connectivity index (χ1) is 9.79. The summed E-state index contributed by atoms with van der Waals surface area (Å²) < 4.78 is 0. The van der Waals surface area contributed by atoms with Crippen LogP contribution in [0.1, 0.15) is 16.8 Å². The lowest BCUT2D eigenvalue weighted by atomic mass is 10.1. The smallest absolute Gasteiger partial charge is 0.114 e. The van der Waals surface area contributed by atoms with Crippen LogP contribution in [-0.2, 0) is 0 Å². The largest absolute Gasteiger partial charge is 0.411 e. The van der Waals surface area contributed by atoms with Crippen molar-refractivity contribution in [3.05, 3.63) is 65.5 Å². The second-order valence-corrected chi connectivity index (χ2v) is 4.10. The Morgan fingerprint density at radius 2 is 1.95 bits per heavy atom. The number of oxime groups is 1. The normalized spacial score (nSPS) is 12.3. The van der Waals surface area contributed by atoms with Gasteiger partial charge in [0.25, 0.3) is 0 Å². The predicted octanol–water partition coefficient (Wildman–Crippen LogP) is 2.67. The molecular formula is C15H14N4O. The number of aryl methyl sites for hydroxylation is 1. The van der Waals surface area contributed by atoms with Gasteiger partial charge in [-0.3, -0.25) is 4.98 Å². The molecule has 0 aliphatic rings. The number of hydrogen-bond acceptors (Lipinski definition) is 5. The fourth-order valence-electron chi connectivity index (χ4n) is 1.54. The molecule has 0 atom stereocenters. The highest BCUT2D eigenvalue weighted by Crippen LogP contribution is 2.04. The Morgan fingerprint density at radius 3 is 2.60 bits per heavy atom. The lowest BCUT2D eigenvalue weighted by Crippen LogP contribution is -2.02. The number of rotatable bonds is 4. The molecule has 0 bridgehead atoms. The van der Waals surface area contributed by atoms with Crippen molar-refractivity contribution in [3.63, 3.8) is 0 Å². The number of nitrogens with zero attached hydrogens (tertiary/aromatic N) is 4. The molecule has 20 heavy (non-hydrogen) atoms. The Hall–Kier alpha value is -2.82. The summed E-state index contributed by atoms with van der Waals surface area (Å²) in [5, 5.41) is 19.7. The Labute approximate surface area is 117 Å². The minimum atomic E-state index is 0.472. The van der Waals surface area contributed by atoms with Gasteiger partial charge in [-0.15, -0.1) is 5.10 Å². The van der Waals surface area contributed by atoms with Crippen molar-refractivity contribution in [3.8, 4) is 0 Å². The van der Waals surface area contributed by atoms with Gasteiger partial charge in [0.15, 0.2) is 0 Å². The summed E-state index contributed by atoms with van der Waals surface area (Å²) in [4.78, 5) is 4.10. The third kappa shape index (κ3) is 3.84. The van der Waals surface area contributed by atoms with Gasteiger partial charge >= 0.3 is 0 Å². The van der Waals surface area contributed by atoms with Gasteiger partial charge in [-0.2, -0.15) is 5.10 Å². The molecule has 1 aromatic carbocycles. The predicted molar refractivity (Wildman–Crippen MR) is 79.8 cm³/mol. The van der Waals surface area contributed by atoms with Crippen LogP contribution < -0.4 is 0 Å². The molecule has 0 radical (unpaired) electrons. The summed E-state index contributed by atoms with van der Waals surface area (Å²) in [5.74, 6) is 0. The zero-order valence-electron chi connectivity index (χ0n) is 11.0. The van der Waals surface area contributed by atoms with Crippen molar-refractivity contribution in [2.75, 3.05) is 0 Å². The fourth-order valence-corrected chi connectivity index (χ4v) is 1.54. The molecule has 5 nitrogen and oxygen atoms in total. The summed E-state index contributed by atoms with van der Waals surface area (Å²) in [6.07, 6.45) is 4.47. The number of pyridine rings is 1. The van der Waals surface area contributed by atoms with Crippen LogP contribution in [0.4, 0.5) is 0 Å². The highest BCUT2D eigenvalue weighted by molar-refractivity contribution is 6.38. The van der Waals surface area contributed by atoms with E-state index in [0.717, 1.165) is 11.1 Å². The van der Waals surface area contributed by atoms with E-state index < -0.39 is 0 Å². The number of aromatic nitrogens is 1. The van der Waals surface area contributed by atoms with Crippen LogP contribution in [0.2, 0.25) is 0 Å². The van der Waals surface area contributed by atoms with E-state index in [9.17, 15) is 0 Å². The van der Waals surface area contributed by atoms with E-state index >= 15 is 0 Å². The molecule has 5 heteroatoms. The van der Waals surface area contributed by atoms with Crippen molar-refractivity contribution in [1.82, 2.24) is 4.98 Å². The number of benzene rings is 1. The van der Waals surface area contributed by atoms with E-state index in [0.29, 0.717) is 11.4 Å². The molecular weight excluding hydrogens is 252 g/mol. The van der Waals surface area contributed by atoms with E-state index in [1.165, 1.54) is 6.21 Å². The monoisotopic (exact) mass is 266 g/mol. The third-order valence-electron chi connectivity index (χ3n) is 2.57. The number of hydrogen-bond donors (Lipinski definition) is 1. The zero-order valence-corrected chi connectivity index (χ0v) is 11.0. The Balaban J connectivity index is 2.22. The van der Waals surface area contributed by atoms with Gasteiger partial charge in [-0.05, 0) is 19.1 Å². The zero-order chi connectivity index (χ0) is 14.2. The minimum absolute atomic E-state index is 0.472. The molecule has 0 fully saturated rings. The Bertz CT molecular complexity index is 631. The molecule has 1 N–H and O–H groups in total. The molecule has 0 aliphatic carbocycles. The Morgan fingerprint density at radius 1 is 1.15 bits per heavy atom. The maximum absolute atomic E-state index is 8.69. The van der Waals surface area contributed by atoms with Crippen LogP contribution in [0.15, 0.2) is 64.0 Å². The topological polar surface area (TPSA) is 70.2 Å². The van der Waals surface area contributed by atoms with Crippen molar-refractivity contribution in [1.29, 1.82) is 0 Å². The lowest BCUT2D eigenvalue weighted by Gasteiger charge is -1.99. The molecule has 0 unspecified atom stereocenters. The van der Waals surface area contributed by atoms with Crippen molar-refractivity contribution >= 4 is 18.1 Å². The summed E-state index contributed by atoms with van der Waals surface area (Å²) in [5.41, 5.74) is 3.15. The summed E-state index contributed by atoms with van der Waals surface area (Å²) >= 11 is 0. The molecule has 100 valence electrons. The van der Waals surface area contributed by atoms with E-state index in [-0.39, 0.29) is 0 Å². The highest BCUT2D eigenvalue weighted by atomic mass is 16.4. The summed E-state index contributed by atoms with van der Waals surface area (Å²) in [7, 11) is 0. The molecule has 1 heterocycles. The van der Waals surface area contributed by atoms with Gasteiger partial charge in [0.05, 0.1) is 18.1 Å². The van der Waals surface area contributed by atoms with Crippen LogP contribution in [0.3, 0.4) is 0 Å². The maximum Gasteiger partial charge on any atom is 0.114 e. The third-order valence-corrected chi connectivity index (χ3v) is 2.57. The molecule has 2 aromatic rings. The van der Waals surface area contributed by atoms with Gasteiger partial charge in [-0.25, -0.2) is 0 Å². The van der Waals surface area contributed by atoms with Crippen molar-refractivity contribution in [2.24, 2.45) is 15.4 Å². The van der Waals surface area contributed by atoms with Crippen LogP contribution in [0, 0.1) is 6.92 Å². The van der Waals surface area contributed by atoms with E-state index in [1.54, 1.807) is 12.4 Å². The van der Waals surface area contributed by atoms with Gasteiger partial charge in [0.1, 0.15) is 5.71 Å². The highest BCUT2D eigenvalue weighted by Gasteiger charge is 2.00. The first kappa shape index (κ1) is 13.6. The average Bonchev–Trinajstić information content (AvgIpc) is 2.48. The first-order valence-electron chi connectivity index (χ1n) is 6.06. The van der Waals surface area contributed by atoms with Gasteiger partial charge in [-0.1, -0.05) is 41.1 Å². The van der Waals surface area contributed by atoms with E-state index in [2.05, 4.69) is 20.3 Å². The summed E-state index contributed by atoms with van der Waals surface area (Å²) in [6.45, 7) is 2.00. The molecule has 1 aromatic heterocycles. The van der Waals surface area contributed by atoms with Gasteiger partial charge in [0.2, 0.25) is 0 Å². The van der Waals surface area contributed by atoms with Crippen molar-refractivity contribution in [2.45, 2.75) is 6.92 Å². The van der Waals surface area contributed by atoms with Crippen molar-refractivity contribution < 1.29 is 5.21 Å². The van der Waals surface area contributed by atoms with E-state index in [1.807, 2.05) is 49.4 Å². The van der Waals surface area contributed by atoms with Crippen LogP contribution in [0.25, 0.3) is 0 Å². The second kappa shape index (κ2) is 6.94. The van der Waals surface area contributed by atoms with Crippen LogP contribution >= 0.6 is 0 Å². The molecule has 0 saturated carbocycles. The SMILES string of the molecule is Cc1ccc(C(/C=N/O)=N/N=C/c2ccccn2)cc1. The Kier molecular flexibility index (Phi) is 4.72. The summed E-state index contributed by atoms with van der Waals surface area (Å²) in [6, 6.07) is 13.2.